The van der Waals surface area contributed by atoms with Gasteiger partial charge >= 0.3 is 6.09 Å². The highest BCUT2D eigenvalue weighted by molar-refractivity contribution is 9.10. The third-order valence-electron chi connectivity index (χ3n) is 2.66. The fraction of sp³-hybridized carbons (Fsp3) is 0.267. The van der Waals surface area contributed by atoms with Crippen LogP contribution < -0.4 is 0 Å². The minimum atomic E-state index is -0.994. The van der Waals surface area contributed by atoms with E-state index < -0.39 is 23.3 Å². The molecular formula is C15H13Br2F2NO2. The summed E-state index contributed by atoms with van der Waals surface area (Å²) < 4.78 is 34.3. The Morgan fingerprint density at radius 3 is 2.32 bits per heavy atom. The van der Waals surface area contributed by atoms with Gasteiger partial charge in [0.25, 0.3) is 0 Å². The Bertz CT molecular complexity index is 736. The molecule has 0 fully saturated rings. The first-order valence-electron chi connectivity index (χ1n) is 6.34. The molecule has 2 rings (SSSR count). The Morgan fingerprint density at radius 2 is 1.73 bits per heavy atom. The Balaban J connectivity index is 2.54. The van der Waals surface area contributed by atoms with Gasteiger partial charge in [0.2, 0.25) is 0 Å². The molecule has 7 heteroatoms. The van der Waals surface area contributed by atoms with Gasteiger partial charge in [-0.2, -0.15) is 0 Å². The van der Waals surface area contributed by atoms with Crippen LogP contribution >= 0.6 is 31.9 Å². The lowest BCUT2D eigenvalue weighted by atomic mass is 10.1. The van der Waals surface area contributed by atoms with E-state index in [2.05, 4.69) is 31.9 Å². The van der Waals surface area contributed by atoms with Crippen LogP contribution in [0.25, 0.3) is 11.3 Å². The van der Waals surface area contributed by atoms with Crippen molar-refractivity contribution in [1.29, 1.82) is 0 Å². The van der Waals surface area contributed by atoms with Crippen LogP contribution in [0.5, 0.6) is 0 Å². The third kappa shape index (κ3) is 3.76. The highest BCUT2D eigenvalue weighted by Gasteiger charge is 2.22. The summed E-state index contributed by atoms with van der Waals surface area (Å²) >= 11 is 6.46. The number of hydrogen-bond acceptors (Lipinski definition) is 2. The minimum absolute atomic E-state index is 0.335. The minimum Gasteiger partial charge on any atom is -0.443 e. The second kappa shape index (κ2) is 6.12. The zero-order chi connectivity index (χ0) is 16.7. The first kappa shape index (κ1) is 17.1. The molecule has 22 heavy (non-hydrogen) atoms. The van der Waals surface area contributed by atoms with Crippen LogP contribution in [0, 0.1) is 11.6 Å². The quantitative estimate of drug-likeness (QED) is 0.533. The lowest BCUT2D eigenvalue weighted by Crippen LogP contribution is -2.27. The summed E-state index contributed by atoms with van der Waals surface area (Å²) in [6.07, 6.45) is 0.904. The SMILES string of the molecule is CC(C)(C)OC(=O)n1cc(Br)cc1-c1cc(F)c(F)cc1Br. The number of carbonyl (C=O) groups is 1. The summed E-state index contributed by atoms with van der Waals surface area (Å²) in [6.45, 7) is 5.24. The van der Waals surface area contributed by atoms with Crippen molar-refractivity contribution in [3.63, 3.8) is 0 Å². The van der Waals surface area contributed by atoms with Crippen molar-refractivity contribution in [3.05, 3.63) is 45.0 Å². The molecule has 0 amide bonds. The topological polar surface area (TPSA) is 31.2 Å². The van der Waals surface area contributed by atoms with Gasteiger partial charge < -0.3 is 4.74 Å². The van der Waals surface area contributed by atoms with Crippen LogP contribution in [0.1, 0.15) is 20.8 Å². The summed E-state index contributed by atoms with van der Waals surface area (Å²) in [7, 11) is 0. The van der Waals surface area contributed by atoms with Gasteiger partial charge in [-0.25, -0.2) is 13.6 Å². The molecule has 3 nitrogen and oxygen atoms in total. The van der Waals surface area contributed by atoms with Crippen molar-refractivity contribution in [2.24, 2.45) is 0 Å². The molecule has 0 radical (unpaired) electrons. The number of rotatable bonds is 1. The standard InChI is InChI=1S/C15H13Br2F2NO2/c1-15(2,3)22-14(21)20-7-8(16)4-13(20)9-5-11(18)12(19)6-10(9)17/h4-7H,1-3H3. The van der Waals surface area contributed by atoms with Gasteiger partial charge in [0.1, 0.15) is 5.60 Å². The van der Waals surface area contributed by atoms with Crippen LogP contribution in [0.4, 0.5) is 13.6 Å². The summed E-state index contributed by atoms with van der Waals surface area (Å²) in [5.74, 6) is -1.96. The first-order chi connectivity index (χ1) is 10.1. The fourth-order valence-corrected chi connectivity index (χ4v) is 2.76. The Kier molecular flexibility index (Phi) is 4.77. The zero-order valence-electron chi connectivity index (χ0n) is 12.1. The summed E-state index contributed by atoms with van der Waals surface area (Å²) in [5, 5.41) is 0. The number of carbonyl (C=O) groups excluding carboxylic acids is 1. The predicted molar refractivity (Wildman–Crippen MR) is 86.8 cm³/mol. The lowest BCUT2D eigenvalue weighted by molar-refractivity contribution is 0.0540. The van der Waals surface area contributed by atoms with E-state index in [9.17, 15) is 13.6 Å². The molecule has 1 aromatic carbocycles. The van der Waals surface area contributed by atoms with Crippen molar-refractivity contribution >= 4 is 38.0 Å². The normalized spacial score (nSPS) is 11.6. The number of halogens is 4. The number of benzene rings is 1. The molecule has 1 aromatic heterocycles. The average Bonchev–Trinajstić information content (AvgIpc) is 2.74. The average molecular weight is 437 g/mol. The number of nitrogens with zero attached hydrogens (tertiary/aromatic N) is 1. The summed E-state index contributed by atoms with van der Waals surface area (Å²) in [6, 6.07) is 3.68. The number of ether oxygens (including phenoxy) is 1. The van der Waals surface area contributed by atoms with Gasteiger partial charge in [0, 0.05) is 20.7 Å². The molecule has 1 heterocycles. The molecule has 0 N–H and O–H groups in total. The Morgan fingerprint density at radius 1 is 1.14 bits per heavy atom. The Hall–Kier alpha value is -1.21. The van der Waals surface area contributed by atoms with Gasteiger partial charge in [-0.05, 0) is 70.8 Å². The van der Waals surface area contributed by atoms with Gasteiger partial charge in [-0.1, -0.05) is 0 Å². The van der Waals surface area contributed by atoms with E-state index in [1.54, 1.807) is 26.8 Å². The smallest absolute Gasteiger partial charge is 0.419 e. The fourth-order valence-electron chi connectivity index (χ4n) is 1.82. The Labute approximate surface area is 143 Å². The molecule has 0 saturated carbocycles. The van der Waals surface area contributed by atoms with Crippen LogP contribution in [0.3, 0.4) is 0 Å². The highest BCUT2D eigenvalue weighted by atomic mass is 79.9. The van der Waals surface area contributed by atoms with Gasteiger partial charge in [0.15, 0.2) is 11.6 Å². The molecule has 0 aliphatic rings. The maximum absolute atomic E-state index is 13.5. The maximum Gasteiger partial charge on any atom is 0.419 e. The van der Waals surface area contributed by atoms with E-state index in [1.165, 1.54) is 10.8 Å². The lowest BCUT2D eigenvalue weighted by Gasteiger charge is -2.20. The number of aromatic nitrogens is 1. The summed E-state index contributed by atoms with van der Waals surface area (Å²) in [4.78, 5) is 12.3. The maximum atomic E-state index is 13.5. The number of hydrogen-bond donors (Lipinski definition) is 0. The molecular weight excluding hydrogens is 424 g/mol. The first-order valence-corrected chi connectivity index (χ1v) is 7.93. The molecule has 0 spiro atoms. The van der Waals surface area contributed by atoms with Crippen molar-refractivity contribution in [2.75, 3.05) is 0 Å². The van der Waals surface area contributed by atoms with Crippen LogP contribution in [-0.2, 0) is 4.74 Å². The van der Waals surface area contributed by atoms with E-state index in [4.69, 9.17) is 4.74 Å². The van der Waals surface area contributed by atoms with Crippen LogP contribution in [0.15, 0.2) is 33.3 Å². The molecule has 118 valence electrons. The van der Waals surface area contributed by atoms with Gasteiger partial charge in [0.05, 0.1) is 5.69 Å². The zero-order valence-corrected chi connectivity index (χ0v) is 15.3. The predicted octanol–water partition coefficient (Wildman–Crippen LogP) is 5.74. The third-order valence-corrected chi connectivity index (χ3v) is 3.75. The molecule has 0 atom stereocenters. The summed E-state index contributed by atoms with van der Waals surface area (Å²) in [5.41, 5.74) is 0.0541. The van der Waals surface area contributed by atoms with Crippen molar-refractivity contribution in [2.45, 2.75) is 26.4 Å². The van der Waals surface area contributed by atoms with Crippen LogP contribution in [-0.4, -0.2) is 16.3 Å². The molecule has 2 aromatic rings. The highest BCUT2D eigenvalue weighted by Crippen LogP contribution is 2.33. The monoisotopic (exact) mass is 435 g/mol. The van der Waals surface area contributed by atoms with Crippen LogP contribution in [0.2, 0.25) is 0 Å². The van der Waals surface area contributed by atoms with E-state index in [0.717, 1.165) is 12.1 Å². The van der Waals surface area contributed by atoms with Crippen molar-refractivity contribution < 1.29 is 18.3 Å². The van der Waals surface area contributed by atoms with E-state index >= 15 is 0 Å². The van der Waals surface area contributed by atoms with E-state index in [1.807, 2.05) is 0 Å². The van der Waals surface area contributed by atoms with Crippen molar-refractivity contribution in [1.82, 2.24) is 4.57 Å². The molecule has 0 aliphatic heterocycles. The van der Waals surface area contributed by atoms with Gasteiger partial charge in [-0.15, -0.1) is 0 Å². The van der Waals surface area contributed by atoms with Crippen molar-refractivity contribution in [3.8, 4) is 11.3 Å². The largest absolute Gasteiger partial charge is 0.443 e. The van der Waals surface area contributed by atoms with E-state index in [-0.39, 0.29) is 0 Å². The molecule has 0 aliphatic carbocycles. The van der Waals surface area contributed by atoms with Gasteiger partial charge in [-0.3, -0.25) is 4.57 Å². The van der Waals surface area contributed by atoms with E-state index in [0.29, 0.717) is 20.2 Å². The second-order valence-electron chi connectivity index (χ2n) is 5.64. The molecule has 0 unspecified atom stereocenters. The molecule has 0 saturated heterocycles. The molecule has 0 bridgehead atoms. The second-order valence-corrected chi connectivity index (χ2v) is 7.41.